The van der Waals surface area contributed by atoms with Crippen LogP contribution in [0.3, 0.4) is 0 Å². The molecule has 0 radical (unpaired) electrons. The van der Waals surface area contributed by atoms with Crippen molar-refractivity contribution >= 4 is 35.0 Å². The first-order valence-electron chi connectivity index (χ1n) is 12.0. The molecule has 0 aliphatic heterocycles. The highest BCUT2D eigenvalue weighted by Crippen LogP contribution is 2.29. The lowest BCUT2D eigenvalue weighted by atomic mass is 10.2. The van der Waals surface area contributed by atoms with Crippen LogP contribution in [0.1, 0.15) is 11.1 Å². The fourth-order valence-corrected chi connectivity index (χ4v) is 4.75. The number of nitrogens with zero attached hydrogens (tertiary/aromatic N) is 3. The zero-order valence-corrected chi connectivity index (χ0v) is 22.2. The summed E-state index contributed by atoms with van der Waals surface area (Å²) < 4.78 is 7.77. The topological polar surface area (TPSA) is 69.0 Å². The van der Waals surface area contributed by atoms with E-state index >= 15 is 0 Å². The molecule has 0 unspecified atom stereocenters. The average Bonchev–Trinajstić information content (AvgIpc) is 3.36. The molecule has 5 aromatic rings. The van der Waals surface area contributed by atoms with Crippen molar-refractivity contribution in [3.05, 3.63) is 119 Å². The van der Waals surface area contributed by atoms with Crippen molar-refractivity contribution in [2.75, 3.05) is 11.1 Å². The number of amides is 1. The lowest BCUT2D eigenvalue weighted by Gasteiger charge is -2.11. The number of carbonyl (C=O) groups excluding carboxylic acids is 1. The smallest absolute Gasteiger partial charge is 0.234 e. The largest absolute Gasteiger partial charge is 0.489 e. The highest BCUT2D eigenvalue weighted by molar-refractivity contribution is 7.99. The van der Waals surface area contributed by atoms with Gasteiger partial charge < -0.3 is 10.1 Å². The Hall–Kier alpha value is -4.07. The van der Waals surface area contributed by atoms with Crippen LogP contribution in [0.5, 0.6) is 5.75 Å². The van der Waals surface area contributed by atoms with Gasteiger partial charge in [0.25, 0.3) is 0 Å². The zero-order valence-electron chi connectivity index (χ0n) is 20.7. The number of anilines is 1. The molecule has 0 saturated carbocycles. The number of aromatic nitrogens is 3. The number of benzene rings is 4. The van der Waals surface area contributed by atoms with Gasteiger partial charge in [0.1, 0.15) is 12.4 Å². The number of halogens is 1. The summed E-state index contributed by atoms with van der Waals surface area (Å²) in [6.07, 6.45) is 0. The van der Waals surface area contributed by atoms with E-state index in [0.29, 0.717) is 28.3 Å². The normalized spacial score (nSPS) is 10.8. The van der Waals surface area contributed by atoms with Crippen molar-refractivity contribution in [2.24, 2.45) is 0 Å². The second-order valence-corrected chi connectivity index (χ2v) is 10.0. The summed E-state index contributed by atoms with van der Waals surface area (Å²) >= 11 is 7.55. The maximum atomic E-state index is 12.8. The van der Waals surface area contributed by atoms with E-state index in [1.54, 1.807) is 0 Å². The Bertz CT molecular complexity index is 1520. The molecule has 1 aromatic heterocycles. The summed E-state index contributed by atoms with van der Waals surface area (Å²) in [6, 6.07) is 32.9. The average molecular weight is 541 g/mol. The number of ether oxygens (including phenoxy) is 1. The second-order valence-electron chi connectivity index (χ2n) is 8.62. The van der Waals surface area contributed by atoms with E-state index in [9.17, 15) is 4.79 Å². The standard InChI is InChI=1S/C30H25ClN4O2S/c1-21-10-14-26(15-11-21)35-29(23-8-5-9-24(31)18-23)33-34-30(35)38-20-28(36)32-25-12-16-27(17-13-25)37-19-22-6-3-2-4-7-22/h2-18H,19-20H2,1H3,(H,32,36). The molecule has 8 heteroatoms. The molecule has 0 atom stereocenters. The fourth-order valence-electron chi connectivity index (χ4n) is 3.81. The summed E-state index contributed by atoms with van der Waals surface area (Å²) in [6.45, 7) is 2.53. The molecular weight excluding hydrogens is 516 g/mol. The van der Waals surface area contributed by atoms with E-state index in [-0.39, 0.29) is 11.7 Å². The minimum Gasteiger partial charge on any atom is -0.489 e. The summed E-state index contributed by atoms with van der Waals surface area (Å²) in [5, 5.41) is 13.0. The third-order valence-corrected chi connectivity index (χ3v) is 6.89. The van der Waals surface area contributed by atoms with Crippen LogP contribution in [0.2, 0.25) is 5.02 Å². The first-order chi connectivity index (χ1) is 18.5. The van der Waals surface area contributed by atoms with E-state index in [4.69, 9.17) is 16.3 Å². The van der Waals surface area contributed by atoms with Gasteiger partial charge in [0, 0.05) is 22.0 Å². The van der Waals surface area contributed by atoms with Gasteiger partial charge >= 0.3 is 0 Å². The first-order valence-corrected chi connectivity index (χ1v) is 13.4. The SMILES string of the molecule is Cc1ccc(-n2c(SCC(=O)Nc3ccc(OCc4ccccc4)cc3)nnc2-c2cccc(Cl)c2)cc1. The molecule has 4 aromatic carbocycles. The van der Waals surface area contributed by atoms with Gasteiger partial charge in [-0.05, 0) is 61.0 Å². The number of aryl methyl sites for hydroxylation is 1. The van der Waals surface area contributed by atoms with Gasteiger partial charge in [0.15, 0.2) is 11.0 Å². The fraction of sp³-hybridized carbons (Fsp3) is 0.100. The molecule has 0 aliphatic rings. The molecule has 5 rings (SSSR count). The van der Waals surface area contributed by atoms with E-state index in [1.807, 2.05) is 115 Å². The van der Waals surface area contributed by atoms with Crippen LogP contribution >= 0.6 is 23.4 Å². The third kappa shape index (κ3) is 6.43. The molecule has 1 amide bonds. The van der Waals surface area contributed by atoms with Crippen molar-refractivity contribution in [3.63, 3.8) is 0 Å². The van der Waals surface area contributed by atoms with E-state index in [2.05, 4.69) is 15.5 Å². The van der Waals surface area contributed by atoms with Crippen molar-refractivity contribution in [2.45, 2.75) is 18.7 Å². The number of nitrogens with one attached hydrogen (secondary N) is 1. The van der Waals surface area contributed by atoms with Crippen LogP contribution in [0.15, 0.2) is 108 Å². The molecule has 0 fully saturated rings. The Morgan fingerprint density at radius 3 is 2.42 bits per heavy atom. The van der Waals surface area contributed by atoms with Gasteiger partial charge in [-0.1, -0.05) is 83.5 Å². The maximum absolute atomic E-state index is 12.8. The Balaban J connectivity index is 1.25. The zero-order chi connectivity index (χ0) is 26.3. The molecule has 0 saturated heterocycles. The van der Waals surface area contributed by atoms with Crippen LogP contribution in [0.4, 0.5) is 5.69 Å². The van der Waals surface area contributed by atoms with Crippen molar-refractivity contribution in [1.82, 2.24) is 14.8 Å². The summed E-state index contributed by atoms with van der Waals surface area (Å²) in [5.41, 5.74) is 4.69. The highest BCUT2D eigenvalue weighted by Gasteiger charge is 2.18. The van der Waals surface area contributed by atoms with Crippen molar-refractivity contribution in [3.8, 4) is 22.8 Å². The first kappa shape index (κ1) is 25.6. The van der Waals surface area contributed by atoms with Gasteiger partial charge in [-0.2, -0.15) is 0 Å². The van der Waals surface area contributed by atoms with Crippen LogP contribution < -0.4 is 10.1 Å². The number of hydrogen-bond acceptors (Lipinski definition) is 5. The monoisotopic (exact) mass is 540 g/mol. The highest BCUT2D eigenvalue weighted by atomic mass is 35.5. The third-order valence-electron chi connectivity index (χ3n) is 5.73. The summed E-state index contributed by atoms with van der Waals surface area (Å²) in [7, 11) is 0. The minimum absolute atomic E-state index is 0.143. The Morgan fingerprint density at radius 2 is 1.68 bits per heavy atom. The van der Waals surface area contributed by atoms with Crippen LogP contribution in [0.25, 0.3) is 17.1 Å². The van der Waals surface area contributed by atoms with Crippen molar-refractivity contribution in [1.29, 1.82) is 0 Å². The minimum atomic E-state index is -0.143. The van der Waals surface area contributed by atoms with Gasteiger partial charge in [0.05, 0.1) is 5.75 Å². The summed E-state index contributed by atoms with van der Waals surface area (Å²) in [4.78, 5) is 12.8. The maximum Gasteiger partial charge on any atom is 0.234 e. The second kappa shape index (κ2) is 12.0. The molecule has 1 heterocycles. The van der Waals surface area contributed by atoms with Gasteiger partial charge in [0.2, 0.25) is 5.91 Å². The molecule has 0 bridgehead atoms. The summed E-state index contributed by atoms with van der Waals surface area (Å²) in [5.74, 6) is 1.42. The molecular formula is C30H25ClN4O2S. The van der Waals surface area contributed by atoms with Crippen LogP contribution in [0, 0.1) is 6.92 Å². The lowest BCUT2D eigenvalue weighted by molar-refractivity contribution is -0.113. The predicted octanol–water partition coefficient (Wildman–Crippen LogP) is 7.21. The van der Waals surface area contributed by atoms with Crippen molar-refractivity contribution < 1.29 is 9.53 Å². The van der Waals surface area contributed by atoms with Gasteiger partial charge in [-0.3, -0.25) is 9.36 Å². The van der Waals surface area contributed by atoms with E-state index < -0.39 is 0 Å². The molecule has 0 aliphatic carbocycles. The molecule has 190 valence electrons. The molecule has 38 heavy (non-hydrogen) atoms. The van der Waals surface area contributed by atoms with E-state index in [1.165, 1.54) is 11.8 Å². The van der Waals surface area contributed by atoms with Crippen LogP contribution in [-0.2, 0) is 11.4 Å². The molecule has 1 N–H and O–H groups in total. The molecule has 0 spiro atoms. The van der Waals surface area contributed by atoms with Gasteiger partial charge in [-0.15, -0.1) is 10.2 Å². The predicted molar refractivity (Wildman–Crippen MR) is 153 cm³/mol. The molecule has 6 nitrogen and oxygen atoms in total. The Labute approximate surface area is 230 Å². The van der Waals surface area contributed by atoms with Crippen LogP contribution in [-0.4, -0.2) is 26.4 Å². The number of hydrogen-bond donors (Lipinski definition) is 1. The van der Waals surface area contributed by atoms with E-state index in [0.717, 1.165) is 28.1 Å². The Morgan fingerprint density at radius 1 is 0.921 bits per heavy atom. The lowest BCUT2D eigenvalue weighted by Crippen LogP contribution is -2.14. The Kier molecular flexibility index (Phi) is 8.06. The van der Waals surface area contributed by atoms with Gasteiger partial charge in [-0.25, -0.2) is 0 Å². The number of carbonyl (C=O) groups is 1. The quantitative estimate of drug-likeness (QED) is 0.200. The number of thioether (sulfide) groups is 1. The number of rotatable bonds is 9.